The molecule has 6 heteroatoms. The molecule has 0 bridgehead atoms. The fraction of sp³-hybridized carbons (Fsp3) is 0.611. The van der Waals surface area contributed by atoms with E-state index in [2.05, 4.69) is 0 Å². The van der Waals surface area contributed by atoms with E-state index in [4.69, 9.17) is 25.1 Å². The Labute approximate surface area is 143 Å². The zero-order valence-electron chi connectivity index (χ0n) is 15.0. The third-order valence-corrected chi connectivity index (χ3v) is 3.74. The molecule has 2 atom stereocenters. The summed E-state index contributed by atoms with van der Waals surface area (Å²) >= 11 is 0. The minimum atomic E-state index is -1.00. The van der Waals surface area contributed by atoms with Crippen molar-refractivity contribution in [2.75, 3.05) is 19.8 Å². The molecule has 0 aliphatic rings. The Balaban J connectivity index is 3.34. The van der Waals surface area contributed by atoms with E-state index in [-0.39, 0.29) is 5.92 Å². The second-order valence-electron chi connectivity index (χ2n) is 5.42. The number of rotatable bonds is 11. The van der Waals surface area contributed by atoms with E-state index >= 15 is 0 Å². The van der Waals surface area contributed by atoms with Crippen molar-refractivity contribution in [1.29, 1.82) is 0 Å². The van der Waals surface area contributed by atoms with Gasteiger partial charge in [0, 0.05) is 11.6 Å². The second kappa shape index (κ2) is 10.0. The monoisotopic (exact) mass is 339 g/mol. The summed E-state index contributed by atoms with van der Waals surface area (Å²) in [6.07, 6.45) is 1.06. The fourth-order valence-electron chi connectivity index (χ4n) is 2.63. The molecule has 24 heavy (non-hydrogen) atoms. The van der Waals surface area contributed by atoms with Crippen LogP contribution < -0.4 is 19.9 Å². The van der Waals surface area contributed by atoms with Gasteiger partial charge >= 0.3 is 5.97 Å². The van der Waals surface area contributed by atoms with Crippen molar-refractivity contribution in [2.45, 2.75) is 52.5 Å². The molecule has 6 nitrogen and oxygen atoms in total. The van der Waals surface area contributed by atoms with Crippen LogP contribution in [0, 0.1) is 0 Å². The predicted octanol–water partition coefficient (Wildman–Crippen LogP) is 3.18. The van der Waals surface area contributed by atoms with Gasteiger partial charge in [0.2, 0.25) is 0 Å². The topological polar surface area (TPSA) is 91.0 Å². The van der Waals surface area contributed by atoms with Crippen LogP contribution in [0.2, 0.25) is 0 Å². The minimum absolute atomic E-state index is 0.0581. The van der Waals surface area contributed by atoms with Crippen LogP contribution in [0.5, 0.6) is 17.2 Å². The summed E-state index contributed by atoms with van der Waals surface area (Å²) in [6, 6.07) is 2.79. The molecule has 0 spiro atoms. The summed E-state index contributed by atoms with van der Waals surface area (Å²) in [6.45, 7) is 9.24. The van der Waals surface area contributed by atoms with E-state index in [0.717, 1.165) is 12.0 Å². The molecule has 0 fully saturated rings. The van der Waals surface area contributed by atoms with Crippen molar-refractivity contribution in [3.63, 3.8) is 0 Å². The van der Waals surface area contributed by atoms with Gasteiger partial charge in [0.1, 0.15) is 11.8 Å². The number of benzene rings is 1. The molecule has 1 aromatic rings. The summed E-state index contributed by atoms with van der Waals surface area (Å²) in [5.41, 5.74) is 6.62. The number of ether oxygens (including phenoxy) is 3. The number of carboxylic acid groups (broad SMARTS) is 1. The van der Waals surface area contributed by atoms with Crippen LogP contribution in [0.15, 0.2) is 12.1 Å². The quantitative estimate of drug-likeness (QED) is 0.643. The van der Waals surface area contributed by atoms with Crippen molar-refractivity contribution in [3.05, 3.63) is 17.7 Å². The van der Waals surface area contributed by atoms with Gasteiger partial charge in [0.15, 0.2) is 11.5 Å². The van der Waals surface area contributed by atoms with Gasteiger partial charge < -0.3 is 25.1 Å². The third kappa shape index (κ3) is 5.30. The van der Waals surface area contributed by atoms with E-state index in [0.29, 0.717) is 43.5 Å². The van der Waals surface area contributed by atoms with Gasteiger partial charge in [-0.15, -0.1) is 0 Å². The Kier molecular flexibility index (Phi) is 8.40. The lowest BCUT2D eigenvalue weighted by Gasteiger charge is -2.23. The van der Waals surface area contributed by atoms with Crippen LogP contribution in [0.1, 0.15) is 52.0 Å². The molecule has 0 aliphatic carbocycles. The highest BCUT2D eigenvalue weighted by Crippen LogP contribution is 2.42. The minimum Gasteiger partial charge on any atom is -0.494 e. The van der Waals surface area contributed by atoms with Gasteiger partial charge in [0.25, 0.3) is 0 Å². The smallest absolute Gasteiger partial charge is 0.320 e. The zero-order chi connectivity index (χ0) is 18.1. The molecule has 3 N–H and O–H groups in total. The summed E-state index contributed by atoms with van der Waals surface area (Å²) in [4.78, 5) is 11.1. The van der Waals surface area contributed by atoms with Gasteiger partial charge in [-0.05, 0) is 45.6 Å². The van der Waals surface area contributed by atoms with E-state index < -0.39 is 12.0 Å². The molecule has 0 amide bonds. The highest BCUT2D eigenvalue weighted by Gasteiger charge is 2.25. The number of carboxylic acids is 1. The Bertz CT molecular complexity index is 532. The zero-order valence-corrected chi connectivity index (χ0v) is 15.0. The summed E-state index contributed by atoms with van der Waals surface area (Å²) in [7, 11) is 0. The van der Waals surface area contributed by atoms with Crippen LogP contribution >= 0.6 is 0 Å². The first-order valence-corrected chi connectivity index (χ1v) is 8.52. The molecular weight excluding hydrogens is 310 g/mol. The van der Waals surface area contributed by atoms with Gasteiger partial charge in [-0.1, -0.05) is 6.92 Å². The van der Waals surface area contributed by atoms with Crippen molar-refractivity contribution in [3.8, 4) is 17.2 Å². The van der Waals surface area contributed by atoms with Gasteiger partial charge in [-0.2, -0.15) is 0 Å². The highest BCUT2D eigenvalue weighted by atomic mass is 16.5. The van der Waals surface area contributed by atoms with Crippen LogP contribution in [-0.4, -0.2) is 36.9 Å². The molecule has 1 aromatic carbocycles. The predicted molar refractivity (Wildman–Crippen MR) is 93.2 cm³/mol. The van der Waals surface area contributed by atoms with Gasteiger partial charge in [-0.3, -0.25) is 4.79 Å². The first kappa shape index (κ1) is 20.1. The molecule has 2 unspecified atom stereocenters. The molecular formula is C18H29NO5. The molecule has 0 aliphatic heterocycles. The average molecular weight is 339 g/mol. The summed E-state index contributed by atoms with van der Waals surface area (Å²) < 4.78 is 17.2. The van der Waals surface area contributed by atoms with Crippen LogP contribution in [-0.2, 0) is 4.79 Å². The van der Waals surface area contributed by atoms with E-state index in [1.54, 1.807) is 0 Å². The van der Waals surface area contributed by atoms with Crippen molar-refractivity contribution >= 4 is 5.97 Å². The largest absolute Gasteiger partial charge is 0.494 e. The molecule has 0 saturated heterocycles. The number of carbonyl (C=O) groups is 1. The first-order chi connectivity index (χ1) is 11.5. The van der Waals surface area contributed by atoms with E-state index in [9.17, 15) is 4.79 Å². The van der Waals surface area contributed by atoms with Crippen molar-refractivity contribution in [1.82, 2.24) is 0 Å². The molecule has 0 radical (unpaired) electrons. The molecule has 0 saturated carbocycles. The van der Waals surface area contributed by atoms with Gasteiger partial charge in [0.05, 0.1) is 19.8 Å². The van der Waals surface area contributed by atoms with Crippen LogP contribution in [0.25, 0.3) is 0 Å². The van der Waals surface area contributed by atoms with E-state index in [1.165, 1.54) is 0 Å². The molecule has 0 aromatic heterocycles. The van der Waals surface area contributed by atoms with Crippen molar-refractivity contribution in [2.24, 2.45) is 5.73 Å². The Morgan fingerprint density at radius 1 is 1.08 bits per heavy atom. The van der Waals surface area contributed by atoms with Crippen LogP contribution in [0.3, 0.4) is 0 Å². The number of aliphatic carboxylic acids is 1. The maximum absolute atomic E-state index is 11.1. The maximum atomic E-state index is 11.1. The SMILES string of the molecule is CCOc1cc(OCC)c(OCC)c(C(CC)CC(N)C(=O)O)c1. The van der Waals surface area contributed by atoms with Crippen molar-refractivity contribution < 1.29 is 24.1 Å². The van der Waals surface area contributed by atoms with Crippen LogP contribution in [0.4, 0.5) is 0 Å². The van der Waals surface area contributed by atoms with Gasteiger partial charge in [-0.25, -0.2) is 0 Å². The molecule has 0 heterocycles. The number of nitrogens with two attached hydrogens (primary N) is 1. The number of hydrogen-bond acceptors (Lipinski definition) is 5. The second-order valence-corrected chi connectivity index (χ2v) is 5.42. The molecule has 136 valence electrons. The lowest BCUT2D eigenvalue weighted by Crippen LogP contribution is -2.31. The maximum Gasteiger partial charge on any atom is 0.320 e. The Morgan fingerprint density at radius 2 is 1.71 bits per heavy atom. The Morgan fingerprint density at radius 3 is 2.21 bits per heavy atom. The summed E-state index contributed by atoms with van der Waals surface area (Å²) in [5, 5.41) is 9.12. The number of hydrogen-bond donors (Lipinski definition) is 2. The third-order valence-electron chi connectivity index (χ3n) is 3.74. The lowest BCUT2D eigenvalue weighted by molar-refractivity contribution is -0.138. The average Bonchev–Trinajstić information content (AvgIpc) is 2.55. The lowest BCUT2D eigenvalue weighted by atomic mass is 9.89. The summed E-state index contributed by atoms with van der Waals surface area (Å²) in [5.74, 6) is 0.881. The highest BCUT2D eigenvalue weighted by molar-refractivity contribution is 5.73. The first-order valence-electron chi connectivity index (χ1n) is 8.52. The fourth-order valence-corrected chi connectivity index (χ4v) is 2.63. The normalized spacial score (nSPS) is 13.2. The van der Waals surface area contributed by atoms with E-state index in [1.807, 2.05) is 39.8 Å². The molecule has 1 rings (SSSR count). The standard InChI is InChI=1S/C18H29NO5/c1-5-12(9-15(19)18(20)21)14-10-13(22-6-2)11-16(23-7-3)17(14)24-8-4/h10-12,15H,5-9,19H2,1-4H3,(H,20,21). The Hall–Kier alpha value is -1.95.